The first kappa shape index (κ1) is 22.7. The molecule has 0 aromatic carbocycles. The van der Waals surface area contributed by atoms with Crippen LogP contribution in [-0.2, 0) is 16.6 Å². The number of aliphatic imine (C=N–C) groups is 1. The zero-order valence-electron chi connectivity index (χ0n) is 19.0. The van der Waals surface area contributed by atoms with Gasteiger partial charge in [0.15, 0.2) is 5.13 Å². The lowest BCUT2D eigenvalue weighted by Gasteiger charge is -2.36. The minimum atomic E-state index is -3.22. The van der Waals surface area contributed by atoms with E-state index in [0.29, 0.717) is 38.5 Å². The average Bonchev–Trinajstić information content (AvgIpc) is 3.46. The lowest BCUT2D eigenvalue weighted by molar-refractivity contribution is 0.381. The van der Waals surface area contributed by atoms with E-state index in [1.54, 1.807) is 41.9 Å². The molecule has 2 aliphatic rings. The number of thiazole rings is 1. The number of H-pyrrole nitrogens is 1. The molecule has 2 aliphatic heterocycles. The molecular formula is C22H26N8O2S2. The zero-order valence-corrected chi connectivity index (χ0v) is 20.6. The van der Waals surface area contributed by atoms with Crippen molar-refractivity contribution in [2.75, 3.05) is 36.4 Å². The Balaban J connectivity index is 1.25. The Morgan fingerprint density at radius 2 is 2.00 bits per heavy atom. The van der Waals surface area contributed by atoms with E-state index < -0.39 is 15.3 Å². The molecule has 2 N–H and O–H groups in total. The monoisotopic (exact) mass is 498 g/mol. The second-order valence-electron chi connectivity index (χ2n) is 8.35. The van der Waals surface area contributed by atoms with Gasteiger partial charge in [0.2, 0.25) is 10.0 Å². The minimum Gasteiger partial charge on any atom is -0.369 e. The Kier molecular flexibility index (Phi) is 6.19. The third-order valence-corrected chi connectivity index (χ3v) is 9.10. The van der Waals surface area contributed by atoms with E-state index >= 15 is 0 Å². The van der Waals surface area contributed by atoms with Crippen molar-refractivity contribution in [3.8, 4) is 0 Å². The molecule has 10 nitrogen and oxygen atoms in total. The molecule has 1 fully saturated rings. The van der Waals surface area contributed by atoms with Crippen LogP contribution in [0.5, 0.6) is 0 Å². The summed E-state index contributed by atoms with van der Waals surface area (Å²) in [6, 6.07) is 3.92. The zero-order chi connectivity index (χ0) is 23.7. The number of rotatable bonds is 6. The maximum atomic E-state index is 12.4. The highest BCUT2D eigenvalue weighted by Gasteiger charge is 2.29. The van der Waals surface area contributed by atoms with Crippen molar-refractivity contribution >= 4 is 49.8 Å². The van der Waals surface area contributed by atoms with Crippen molar-refractivity contribution < 1.29 is 8.42 Å². The standard InChI is InChI=1S/C22H26N8O2S2/c1-15(2)34(31,32)30-9-7-29(8-10-30)17-5-6-23-21(11-17)28-22-27-19-4-3-18(16-12-25-26-13-16)24-14-20(19)33-22/h3-6,11-13,15H,7-10,14H2,1-2H3,(H,25,26)(H,23,27,28). The summed E-state index contributed by atoms with van der Waals surface area (Å²) in [5.41, 5.74) is 3.73. The van der Waals surface area contributed by atoms with Crippen LogP contribution in [0.4, 0.5) is 16.6 Å². The van der Waals surface area contributed by atoms with Gasteiger partial charge in [-0.3, -0.25) is 10.1 Å². The summed E-state index contributed by atoms with van der Waals surface area (Å²) in [7, 11) is -3.22. The van der Waals surface area contributed by atoms with E-state index in [1.807, 2.05) is 30.5 Å². The number of pyridine rings is 1. The molecule has 0 atom stereocenters. The molecule has 3 aromatic rings. The van der Waals surface area contributed by atoms with E-state index in [4.69, 9.17) is 4.98 Å². The number of hydrogen-bond acceptors (Lipinski definition) is 9. The largest absolute Gasteiger partial charge is 0.369 e. The molecule has 5 heterocycles. The molecule has 3 aromatic heterocycles. The Bertz CT molecular complexity index is 1320. The molecule has 0 spiro atoms. The van der Waals surface area contributed by atoms with Gasteiger partial charge in [-0.25, -0.2) is 18.4 Å². The Hall–Kier alpha value is -3.09. The van der Waals surface area contributed by atoms with Crippen LogP contribution in [0.3, 0.4) is 0 Å². The molecule has 0 unspecified atom stereocenters. The predicted molar refractivity (Wildman–Crippen MR) is 135 cm³/mol. The van der Waals surface area contributed by atoms with Gasteiger partial charge in [0.25, 0.3) is 0 Å². The van der Waals surface area contributed by atoms with Crippen LogP contribution in [-0.4, -0.2) is 70.0 Å². The number of anilines is 3. The van der Waals surface area contributed by atoms with E-state index in [2.05, 4.69) is 30.4 Å². The van der Waals surface area contributed by atoms with Crippen molar-refractivity contribution in [2.24, 2.45) is 4.99 Å². The number of hydrogen-bond donors (Lipinski definition) is 2. The van der Waals surface area contributed by atoms with Gasteiger partial charge >= 0.3 is 0 Å². The fourth-order valence-electron chi connectivity index (χ4n) is 3.90. The molecule has 12 heteroatoms. The van der Waals surface area contributed by atoms with Crippen molar-refractivity contribution in [3.63, 3.8) is 0 Å². The first-order chi connectivity index (χ1) is 16.4. The van der Waals surface area contributed by atoms with Gasteiger partial charge in [-0.15, -0.1) is 0 Å². The van der Waals surface area contributed by atoms with Crippen molar-refractivity contribution in [3.05, 3.63) is 52.9 Å². The number of sulfonamides is 1. The Morgan fingerprint density at radius 3 is 2.74 bits per heavy atom. The van der Waals surface area contributed by atoms with E-state index in [9.17, 15) is 8.42 Å². The number of aromatic nitrogens is 4. The van der Waals surface area contributed by atoms with Gasteiger partial charge in [-0.1, -0.05) is 11.3 Å². The van der Waals surface area contributed by atoms with Crippen molar-refractivity contribution in [2.45, 2.75) is 25.6 Å². The third-order valence-electron chi connectivity index (χ3n) is 5.85. The second kappa shape index (κ2) is 9.28. The number of nitrogens with one attached hydrogen (secondary N) is 2. The van der Waals surface area contributed by atoms with Crippen LogP contribution in [0.15, 0.2) is 41.8 Å². The van der Waals surface area contributed by atoms with Gasteiger partial charge in [0, 0.05) is 55.9 Å². The quantitative estimate of drug-likeness (QED) is 0.536. The van der Waals surface area contributed by atoms with Gasteiger partial charge in [-0.05, 0) is 32.1 Å². The van der Waals surface area contributed by atoms with Crippen LogP contribution in [0.2, 0.25) is 0 Å². The molecule has 5 rings (SSSR count). The summed E-state index contributed by atoms with van der Waals surface area (Å²) in [5.74, 6) is 0.699. The van der Waals surface area contributed by atoms with Crippen molar-refractivity contribution in [1.29, 1.82) is 0 Å². The average molecular weight is 499 g/mol. The highest BCUT2D eigenvalue weighted by Crippen LogP contribution is 2.30. The van der Waals surface area contributed by atoms with Gasteiger partial charge < -0.3 is 10.2 Å². The fraction of sp³-hybridized carbons (Fsp3) is 0.364. The molecular weight excluding hydrogens is 472 g/mol. The van der Waals surface area contributed by atoms with Crippen LogP contribution in [0.25, 0.3) is 6.08 Å². The lowest BCUT2D eigenvalue weighted by Crippen LogP contribution is -2.50. The molecule has 0 saturated carbocycles. The maximum Gasteiger partial charge on any atom is 0.216 e. The van der Waals surface area contributed by atoms with Gasteiger partial charge in [0.05, 0.1) is 34.3 Å². The predicted octanol–water partition coefficient (Wildman–Crippen LogP) is 2.88. The summed E-state index contributed by atoms with van der Waals surface area (Å²) in [6.07, 6.45) is 9.27. The first-order valence-corrected chi connectivity index (χ1v) is 13.4. The highest BCUT2D eigenvalue weighted by atomic mass is 32.2. The number of aromatic amines is 1. The van der Waals surface area contributed by atoms with Crippen LogP contribution in [0.1, 0.15) is 30.0 Å². The SMILES string of the molecule is CC(C)S(=O)(=O)N1CCN(c2ccnc(Nc3nc4c(s3)CN=C(c3cn[nH]c3)C=C4)c2)CC1. The van der Waals surface area contributed by atoms with Gasteiger partial charge in [-0.2, -0.15) is 9.40 Å². The molecule has 0 amide bonds. The number of piperazine rings is 1. The maximum absolute atomic E-state index is 12.4. The lowest BCUT2D eigenvalue weighted by atomic mass is 10.2. The Morgan fingerprint density at radius 1 is 1.18 bits per heavy atom. The molecule has 0 bridgehead atoms. The first-order valence-electron chi connectivity index (χ1n) is 11.1. The van der Waals surface area contributed by atoms with E-state index in [0.717, 1.165) is 32.7 Å². The molecule has 34 heavy (non-hydrogen) atoms. The van der Waals surface area contributed by atoms with Gasteiger partial charge in [0.1, 0.15) is 5.82 Å². The topological polar surface area (TPSA) is 119 Å². The normalized spacial score (nSPS) is 16.9. The van der Waals surface area contributed by atoms with Crippen LogP contribution < -0.4 is 10.2 Å². The molecule has 0 aliphatic carbocycles. The fourth-order valence-corrected chi connectivity index (χ4v) is 6.05. The number of allylic oxidation sites excluding steroid dienone is 1. The van der Waals surface area contributed by atoms with Crippen LogP contribution in [0, 0.1) is 0 Å². The smallest absolute Gasteiger partial charge is 0.216 e. The van der Waals surface area contributed by atoms with E-state index in [1.165, 1.54) is 0 Å². The van der Waals surface area contributed by atoms with E-state index in [-0.39, 0.29) is 0 Å². The second-order valence-corrected chi connectivity index (χ2v) is 11.9. The summed E-state index contributed by atoms with van der Waals surface area (Å²) < 4.78 is 26.5. The molecule has 1 saturated heterocycles. The number of fused-ring (bicyclic) bond motifs is 1. The summed E-state index contributed by atoms with van der Waals surface area (Å²) in [5, 5.41) is 10.5. The molecule has 178 valence electrons. The summed E-state index contributed by atoms with van der Waals surface area (Å²) in [6.45, 7) is 6.25. The van der Waals surface area contributed by atoms with Crippen LogP contribution >= 0.6 is 11.3 Å². The highest BCUT2D eigenvalue weighted by molar-refractivity contribution is 7.89. The Labute approximate surface area is 202 Å². The number of nitrogens with zero attached hydrogens (tertiary/aromatic N) is 6. The minimum absolute atomic E-state index is 0.401. The summed E-state index contributed by atoms with van der Waals surface area (Å²) >= 11 is 1.56. The summed E-state index contributed by atoms with van der Waals surface area (Å²) in [4.78, 5) is 17.1. The third kappa shape index (κ3) is 4.61. The van der Waals surface area contributed by atoms with Crippen molar-refractivity contribution in [1.82, 2.24) is 24.5 Å². The molecule has 0 radical (unpaired) electrons.